The monoisotopic (exact) mass is 408 g/mol. The van der Waals surface area contributed by atoms with Crippen LogP contribution in [0.5, 0.6) is 11.5 Å². The van der Waals surface area contributed by atoms with Gasteiger partial charge in [-0.3, -0.25) is 0 Å². The van der Waals surface area contributed by atoms with E-state index in [1.165, 1.54) is 5.56 Å². The highest BCUT2D eigenvalue weighted by molar-refractivity contribution is 5.61. The number of hydrogen-bond acceptors (Lipinski definition) is 2. The van der Waals surface area contributed by atoms with E-state index in [0.29, 0.717) is 35.2 Å². The Labute approximate surface area is 184 Å². The van der Waals surface area contributed by atoms with E-state index < -0.39 is 0 Å². The Morgan fingerprint density at radius 2 is 1.23 bits per heavy atom. The molecule has 2 heteroatoms. The summed E-state index contributed by atoms with van der Waals surface area (Å²) in [5, 5.41) is 21.8. The minimum Gasteiger partial charge on any atom is -0.508 e. The van der Waals surface area contributed by atoms with Crippen molar-refractivity contribution in [2.45, 2.75) is 18.8 Å². The molecule has 2 aliphatic rings. The molecule has 2 aliphatic carbocycles. The zero-order valence-corrected chi connectivity index (χ0v) is 17.7. The van der Waals surface area contributed by atoms with Gasteiger partial charge in [-0.25, -0.2) is 0 Å². The second-order valence-corrected chi connectivity index (χ2v) is 8.81. The number of allylic oxidation sites excluding steroid dienone is 3. The van der Waals surface area contributed by atoms with Gasteiger partial charge in [0, 0.05) is 16.5 Å². The Hall–Kier alpha value is -3.26. The number of fused-ring (bicyclic) bond motifs is 1. The lowest BCUT2D eigenvalue weighted by Crippen LogP contribution is -2.23. The van der Waals surface area contributed by atoms with E-state index >= 15 is 0 Å². The minimum absolute atomic E-state index is 0.310. The van der Waals surface area contributed by atoms with Crippen LogP contribution in [-0.4, -0.2) is 10.2 Å². The summed E-state index contributed by atoms with van der Waals surface area (Å²) >= 11 is 0. The van der Waals surface area contributed by atoms with Crippen molar-refractivity contribution >= 4 is 6.08 Å². The van der Waals surface area contributed by atoms with E-state index in [-0.39, 0.29) is 5.41 Å². The molecule has 0 amide bonds. The molecule has 156 valence electrons. The summed E-state index contributed by atoms with van der Waals surface area (Å²) < 4.78 is 0. The van der Waals surface area contributed by atoms with Crippen LogP contribution < -0.4 is 0 Å². The second-order valence-electron chi connectivity index (χ2n) is 8.81. The van der Waals surface area contributed by atoms with Crippen LogP contribution in [0.3, 0.4) is 0 Å². The smallest absolute Gasteiger partial charge is 0.119 e. The average Bonchev–Trinajstić information content (AvgIpc) is 3.33. The molecule has 2 nitrogen and oxygen atoms in total. The van der Waals surface area contributed by atoms with E-state index in [0.717, 1.165) is 17.5 Å². The van der Waals surface area contributed by atoms with Crippen molar-refractivity contribution in [3.8, 4) is 11.5 Å². The highest BCUT2D eigenvalue weighted by Crippen LogP contribution is 2.76. The molecular weight excluding hydrogens is 380 g/mol. The molecule has 0 saturated heterocycles. The number of phenolic OH excluding ortho intramolecular Hbond substituents is 2. The first-order valence-electron chi connectivity index (χ1n) is 11.1. The Kier molecular flexibility index (Phi) is 4.94. The third-order valence-electron chi connectivity index (χ3n) is 7.27. The van der Waals surface area contributed by atoms with Crippen molar-refractivity contribution < 1.29 is 10.2 Å². The van der Waals surface area contributed by atoms with Crippen LogP contribution in [0.2, 0.25) is 0 Å². The summed E-state index contributed by atoms with van der Waals surface area (Å²) in [7, 11) is 0. The molecular formula is C29H28O2. The van der Waals surface area contributed by atoms with Gasteiger partial charge in [0.1, 0.15) is 11.5 Å². The van der Waals surface area contributed by atoms with Gasteiger partial charge in [0.25, 0.3) is 0 Å². The van der Waals surface area contributed by atoms with Crippen LogP contribution in [0, 0.1) is 23.7 Å². The van der Waals surface area contributed by atoms with Crippen molar-refractivity contribution in [1.82, 2.24) is 0 Å². The second kappa shape index (κ2) is 7.77. The average molecular weight is 409 g/mol. The lowest BCUT2D eigenvalue weighted by molar-refractivity contribution is 0.404. The normalized spacial score (nSPS) is 26.4. The number of aromatic hydroxyl groups is 2. The third kappa shape index (κ3) is 3.09. The van der Waals surface area contributed by atoms with E-state index in [2.05, 4.69) is 55.5 Å². The van der Waals surface area contributed by atoms with Gasteiger partial charge in [0.15, 0.2) is 0 Å². The van der Waals surface area contributed by atoms with Gasteiger partial charge in [-0.05, 0) is 54.7 Å². The fourth-order valence-electron chi connectivity index (χ4n) is 6.21. The number of hydrogen-bond donors (Lipinski definition) is 2. The van der Waals surface area contributed by atoms with Crippen LogP contribution in [0.1, 0.15) is 30.0 Å². The fraction of sp³-hybridized carbons (Fsp3) is 0.241. The summed E-state index contributed by atoms with van der Waals surface area (Å²) in [5.74, 6) is 2.06. The number of para-hydroxylation sites is 2. The zero-order valence-electron chi connectivity index (χ0n) is 17.7. The molecule has 2 N–H and O–H groups in total. The van der Waals surface area contributed by atoms with Crippen LogP contribution in [0.15, 0.2) is 97.1 Å². The van der Waals surface area contributed by atoms with E-state index in [1.54, 1.807) is 12.1 Å². The lowest BCUT2D eigenvalue weighted by atomic mass is 9.75. The maximum absolute atomic E-state index is 10.9. The Balaban J connectivity index is 1.64. The predicted molar refractivity (Wildman–Crippen MR) is 126 cm³/mol. The number of benzene rings is 3. The summed E-state index contributed by atoms with van der Waals surface area (Å²) in [6.45, 7) is 2.08. The molecule has 0 bridgehead atoms. The molecule has 31 heavy (non-hydrogen) atoms. The Morgan fingerprint density at radius 3 is 1.77 bits per heavy atom. The topological polar surface area (TPSA) is 40.5 Å². The molecule has 0 aliphatic heterocycles. The molecule has 5 rings (SSSR count). The van der Waals surface area contributed by atoms with Crippen molar-refractivity contribution in [1.29, 1.82) is 0 Å². The Morgan fingerprint density at radius 1 is 0.710 bits per heavy atom. The molecule has 0 radical (unpaired) electrons. The summed E-state index contributed by atoms with van der Waals surface area (Å²) in [6, 6.07) is 25.7. The lowest BCUT2D eigenvalue weighted by Gasteiger charge is -2.28. The van der Waals surface area contributed by atoms with Crippen LogP contribution in [0.4, 0.5) is 0 Å². The van der Waals surface area contributed by atoms with Gasteiger partial charge < -0.3 is 10.2 Å². The molecule has 0 heterocycles. The van der Waals surface area contributed by atoms with Crippen LogP contribution in [0.25, 0.3) is 6.08 Å². The summed E-state index contributed by atoms with van der Waals surface area (Å²) in [6.07, 6.45) is 10.1. The van der Waals surface area contributed by atoms with Crippen molar-refractivity contribution in [3.63, 3.8) is 0 Å². The molecule has 2 fully saturated rings. The number of phenols is 2. The van der Waals surface area contributed by atoms with Crippen molar-refractivity contribution in [2.75, 3.05) is 0 Å². The highest BCUT2D eigenvalue weighted by atomic mass is 16.3. The fourth-order valence-corrected chi connectivity index (χ4v) is 6.21. The Bertz CT molecular complexity index is 1080. The molecule has 4 atom stereocenters. The van der Waals surface area contributed by atoms with Crippen LogP contribution in [-0.2, 0) is 5.41 Å². The van der Waals surface area contributed by atoms with Gasteiger partial charge in [-0.1, -0.05) is 91.0 Å². The molecule has 3 unspecified atom stereocenters. The van der Waals surface area contributed by atoms with Crippen LogP contribution >= 0.6 is 0 Å². The molecule has 0 spiro atoms. The quantitative estimate of drug-likeness (QED) is 0.470. The van der Waals surface area contributed by atoms with E-state index in [9.17, 15) is 10.2 Å². The largest absolute Gasteiger partial charge is 0.508 e. The first kappa shape index (κ1) is 19.7. The highest BCUT2D eigenvalue weighted by Gasteiger charge is 2.74. The summed E-state index contributed by atoms with van der Waals surface area (Å²) in [5.41, 5.74) is 2.67. The van der Waals surface area contributed by atoms with E-state index in [1.807, 2.05) is 42.5 Å². The predicted octanol–water partition coefficient (Wildman–Crippen LogP) is 6.56. The van der Waals surface area contributed by atoms with Gasteiger partial charge in [-0.15, -0.1) is 0 Å². The first-order chi connectivity index (χ1) is 15.2. The molecule has 2 saturated carbocycles. The van der Waals surface area contributed by atoms with Gasteiger partial charge in [-0.2, -0.15) is 0 Å². The molecule has 3 aromatic carbocycles. The summed E-state index contributed by atoms with van der Waals surface area (Å²) in [4.78, 5) is 0. The zero-order chi connectivity index (χ0) is 21.4. The molecule has 3 aromatic rings. The standard InChI is InChI=1S/C29H28O2/c1-2-10-21-19-22(18-17-20-11-4-3-5-12-20)28-27(21)29(28,23-13-6-8-15-25(23)30)24-14-7-9-16-26(24)31/h2-18,21-22,27-28,30-31H,19H2,1H3/b10-2+,18-17+/t21?,22?,27-,28?/m0/s1. The first-order valence-corrected chi connectivity index (χ1v) is 11.1. The maximum Gasteiger partial charge on any atom is 0.119 e. The van der Waals surface area contributed by atoms with Gasteiger partial charge in [0.05, 0.1) is 0 Å². The van der Waals surface area contributed by atoms with Crippen molar-refractivity contribution in [2.24, 2.45) is 23.7 Å². The van der Waals surface area contributed by atoms with Gasteiger partial charge in [0.2, 0.25) is 0 Å². The van der Waals surface area contributed by atoms with E-state index in [4.69, 9.17) is 0 Å². The molecule has 0 aromatic heterocycles. The van der Waals surface area contributed by atoms with Gasteiger partial charge >= 0.3 is 0 Å². The van der Waals surface area contributed by atoms with Crippen molar-refractivity contribution in [3.05, 3.63) is 114 Å². The third-order valence-corrected chi connectivity index (χ3v) is 7.27. The minimum atomic E-state index is -0.384. The SMILES string of the molecule is C/C=C/C1CC(/C=C/c2ccccc2)C2[C@H]1C2(c1ccccc1O)c1ccccc1O. The number of rotatable bonds is 5. The maximum atomic E-state index is 10.9.